The standard InChI is InChI=1S/C14H12ClNO6S/c1-9-3-5-11(15)13(7-9)22-23(19,20)14-6-4-10(21-2)8-12(14)16(17)18/h3-8H,1-2H3. The number of hydrogen-bond donors (Lipinski definition) is 0. The maximum absolute atomic E-state index is 12.4. The van der Waals surface area contributed by atoms with Crippen LogP contribution in [-0.2, 0) is 10.1 Å². The first-order valence-corrected chi connectivity index (χ1v) is 8.06. The van der Waals surface area contributed by atoms with Crippen LogP contribution in [0.15, 0.2) is 41.3 Å². The van der Waals surface area contributed by atoms with Crippen LogP contribution >= 0.6 is 11.6 Å². The summed E-state index contributed by atoms with van der Waals surface area (Å²) in [4.78, 5) is 9.71. The Bertz CT molecular complexity index is 866. The molecule has 0 heterocycles. The van der Waals surface area contributed by atoms with Crippen LogP contribution in [0.25, 0.3) is 0 Å². The molecule has 0 aliphatic heterocycles. The molecule has 0 aliphatic rings. The zero-order valence-electron chi connectivity index (χ0n) is 12.1. The maximum atomic E-state index is 12.4. The molecular weight excluding hydrogens is 346 g/mol. The lowest BCUT2D eigenvalue weighted by atomic mass is 10.2. The average Bonchev–Trinajstić information content (AvgIpc) is 2.50. The summed E-state index contributed by atoms with van der Waals surface area (Å²) >= 11 is 5.90. The number of aryl methyl sites for hydroxylation is 1. The normalized spacial score (nSPS) is 11.1. The maximum Gasteiger partial charge on any atom is 0.346 e. The fraction of sp³-hybridized carbons (Fsp3) is 0.143. The van der Waals surface area contributed by atoms with Gasteiger partial charge in [0.1, 0.15) is 5.75 Å². The Balaban J connectivity index is 2.51. The predicted molar refractivity (Wildman–Crippen MR) is 83.7 cm³/mol. The van der Waals surface area contributed by atoms with Crippen LogP contribution in [0.2, 0.25) is 5.02 Å². The van der Waals surface area contributed by atoms with Crippen molar-refractivity contribution in [1.82, 2.24) is 0 Å². The molecule has 0 N–H and O–H groups in total. The first kappa shape index (κ1) is 17.0. The number of hydrogen-bond acceptors (Lipinski definition) is 6. The third-order valence-corrected chi connectivity index (χ3v) is 4.51. The molecule has 0 amide bonds. The van der Waals surface area contributed by atoms with Crippen LogP contribution in [0.1, 0.15) is 5.56 Å². The van der Waals surface area contributed by atoms with Crippen molar-refractivity contribution < 1.29 is 22.3 Å². The van der Waals surface area contributed by atoms with Gasteiger partial charge in [-0.2, -0.15) is 8.42 Å². The highest BCUT2D eigenvalue weighted by Gasteiger charge is 2.29. The molecule has 0 saturated carbocycles. The van der Waals surface area contributed by atoms with Crippen molar-refractivity contribution in [3.63, 3.8) is 0 Å². The highest BCUT2D eigenvalue weighted by atomic mass is 35.5. The lowest BCUT2D eigenvalue weighted by Gasteiger charge is -2.10. The van der Waals surface area contributed by atoms with Gasteiger partial charge in [0, 0.05) is 0 Å². The minimum Gasteiger partial charge on any atom is -0.497 e. The SMILES string of the molecule is COc1ccc(S(=O)(=O)Oc2cc(C)ccc2Cl)c([N+](=O)[O-])c1. The Hall–Kier alpha value is -2.32. The van der Waals surface area contributed by atoms with E-state index in [2.05, 4.69) is 0 Å². The molecule has 2 rings (SSSR count). The minimum atomic E-state index is -4.43. The minimum absolute atomic E-state index is 0.0790. The summed E-state index contributed by atoms with van der Waals surface area (Å²) in [5.74, 6) is 0.0565. The lowest BCUT2D eigenvalue weighted by Crippen LogP contribution is -2.12. The highest BCUT2D eigenvalue weighted by molar-refractivity contribution is 7.87. The van der Waals surface area contributed by atoms with Gasteiger partial charge in [-0.1, -0.05) is 17.7 Å². The molecule has 0 radical (unpaired) electrons. The number of ether oxygens (including phenoxy) is 1. The Morgan fingerprint density at radius 3 is 2.48 bits per heavy atom. The molecule has 2 aromatic rings. The van der Waals surface area contributed by atoms with Gasteiger partial charge in [-0.3, -0.25) is 10.1 Å². The van der Waals surface area contributed by atoms with Crippen molar-refractivity contribution >= 4 is 27.4 Å². The van der Waals surface area contributed by atoms with Crippen LogP contribution in [0.3, 0.4) is 0 Å². The van der Waals surface area contributed by atoms with Gasteiger partial charge in [0.25, 0.3) is 5.69 Å². The Labute approximate surface area is 137 Å². The van der Waals surface area contributed by atoms with Crippen LogP contribution in [0, 0.1) is 17.0 Å². The van der Waals surface area contributed by atoms with Crippen molar-refractivity contribution in [1.29, 1.82) is 0 Å². The molecule has 0 fully saturated rings. The molecule has 0 aliphatic carbocycles. The van der Waals surface area contributed by atoms with Gasteiger partial charge < -0.3 is 8.92 Å². The lowest BCUT2D eigenvalue weighted by molar-refractivity contribution is -0.388. The summed E-state index contributed by atoms with van der Waals surface area (Å²) in [6.07, 6.45) is 0. The monoisotopic (exact) mass is 357 g/mol. The topological polar surface area (TPSA) is 95.7 Å². The summed E-state index contributed by atoms with van der Waals surface area (Å²) in [5, 5.41) is 11.2. The van der Waals surface area contributed by atoms with Gasteiger partial charge in [0.2, 0.25) is 0 Å². The summed E-state index contributed by atoms with van der Waals surface area (Å²) in [5.41, 5.74) is 0.0805. The molecule has 0 bridgehead atoms. The molecule has 0 unspecified atom stereocenters. The third-order valence-electron chi connectivity index (χ3n) is 2.92. The van der Waals surface area contributed by atoms with Crippen LogP contribution in [0.5, 0.6) is 11.5 Å². The number of benzene rings is 2. The third kappa shape index (κ3) is 3.72. The number of nitro benzene ring substituents is 1. The first-order chi connectivity index (χ1) is 10.7. The van der Waals surface area contributed by atoms with Crippen molar-refractivity contribution in [3.05, 3.63) is 57.1 Å². The van der Waals surface area contributed by atoms with Gasteiger partial charge in [-0.15, -0.1) is 0 Å². The number of rotatable bonds is 5. The number of nitrogens with zero attached hydrogens (tertiary/aromatic N) is 1. The summed E-state index contributed by atoms with van der Waals surface area (Å²) in [6.45, 7) is 1.73. The highest BCUT2D eigenvalue weighted by Crippen LogP contribution is 2.33. The van der Waals surface area contributed by atoms with Crippen LogP contribution in [-0.4, -0.2) is 20.5 Å². The van der Waals surface area contributed by atoms with Gasteiger partial charge in [-0.25, -0.2) is 0 Å². The van der Waals surface area contributed by atoms with Crippen molar-refractivity contribution in [2.24, 2.45) is 0 Å². The molecule has 7 nitrogen and oxygen atoms in total. The second-order valence-corrected chi connectivity index (χ2v) is 6.48. The van der Waals surface area contributed by atoms with E-state index in [1.165, 1.54) is 25.3 Å². The summed E-state index contributed by atoms with van der Waals surface area (Å²) < 4.78 is 34.6. The molecule has 0 saturated heterocycles. The van der Waals surface area contributed by atoms with Gasteiger partial charge in [0.15, 0.2) is 10.6 Å². The number of nitro groups is 1. The first-order valence-electron chi connectivity index (χ1n) is 6.27. The molecule has 0 spiro atoms. The van der Waals surface area contributed by atoms with Gasteiger partial charge in [0.05, 0.1) is 23.1 Å². The summed E-state index contributed by atoms with van der Waals surface area (Å²) in [6, 6.07) is 7.93. The smallest absolute Gasteiger partial charge is 0.346 e. The van der Waals surface area contributed by atoms with Gasteiger partial charge in [-0.05, 0) is 36.8 Å². The zero-order chi connectivity index (χ0) is 17.2. The average molecular weight is 358 g/mol. The second kappa shape index (κ2) is 6.43. The number of halogens is 1. The Morgan fingerprint density at radius 2 is 1.87 bits per heavy atom. The van der Waals surface area contributed by atoms with E-state index in [4.69, 9.17) is 20.5 Å². The van der Waals surface area contributed by atoms with E-state index in [0.717, 1.165) is 17.7 Å². The molecule has 2 aromatic carbocycles. The van der Waals surface area contributed by atoms with E-state index in [-0.39, 0.29) is 16.5 Å². The van der Waals surface area contributed by atoms with E-state index in [1.807, 2.05) is 0 Å². The Morgan fingerprint density at radius 1 is 1.17 bits per heavy atom. The molecule has 0 aromatic heterocycles. The second-order valence-electron chi connectivity index (χ2n) is 4.56. The summed E-state index contributed by atoms with van der Waals surface area (Å²) in [7, 11) is -3.12. The number of methoxy groups -OCH3 is 1. The fourth-order valence-electron chi connectivity index (χ4n) is 1.82. The van der Waals surface area contributed by atoms with Crippen molar-refractivity contribution in [2.75, 3.05) is 7.11 Å². The predicted octanol–water partition coefficient (Wildman–Crippen LogP) is 3.33. The van der Waals surface area contributed by atoms with E-state index in [0.29, 0.717) is 0 Å². The van der Waals surface area contributed by atoms with Crippen molar-refractivity contribution in [3.8, 4) is 11.5 Å². The molecule has 122 valence electrons. The largest absolute Gasteiger partial charge is 0.497 e. The van der Waals surface area contributed by atoms with E-state index in [9.17, 15) is 18.5 Å². The molecule has 9 heteroatoms. The van der Waals surface area contributed by atoms with E-state index in [1.54, 1.807) is 13.0 Å². The fourth-order valence-corrected chi connectivity index (χ4v) is 3.11. The quantitative estimate of drug-likeness (QED) is 0.462. The van der Waals surface area contributed by atoms with Crippen LogP contribution in [0.4, 0.5) is 5.69 Å². The van der Waals surface area contributed by atoms with Gasteiger partial charge >= 0.3 is 10.1 Å². The van der Waals surface area contributed by atoms with E-state index >= 15 is 0 Å². The zero-order valence-corrected chi connectivity index (χ0v) is 13.7. The Kier molecular flexibility index (Phi) is 4.76. The molecule has 23 heavy (non-hydrogen) atoms. The van der Waals surface area contributed by atoms with Crippen molar-refractivity contribution in [2.45, 2.75) is 11.8 Å². The van der Waals surface area contributed by atoms with E-state index < -0.39 is 25.6 Å². The van der Waals surface area contributed by atoms with Crippen LogP contribution < -0.4 is 8.92 Å². The molecule has 0 atom stereocenters. The molecular formula is C14H12ClNO6S.